The molecule has 0 aliphatic rings. The van der Waals surface area contributed by atoms with Crippen LogP contribution in [0.4, 0.5) is 0 Å². The van der Waals surface area contributed by atoms with Crippen LogP contribution >= 0.6 is 26.3 Å². The van der Waals surface area contributed by atoms with E-state index in [1.165, 1.54) is 0 Å². The molecule has 5 heteroatoms. The van der Waals surface area contributed by atoms with Gasteiger partial charge in [0, 0.05) is 0 Å². The summed E-state index contributed by atoms with van der Waals surface area (Å²) in [6.45, 7) is 0. The summed E-state index contributed by atoms with van der Waals surface area (Å²) in [5, 5.41) is 0. The van der Waals surface area contributed by atoms with Gasteiger partial charge < -0.3 is 0 Å². The maximum atomic E-state index is 4.95. The van der Waals surface area contributed by atoms with Crippen molar-refractivity contribution in [2.24, 2.45) is 0 Å². The Morgan fingerprint density at radius 2 is 1.20 bits per heavy atom. The van der Waals surface area contributed by atoms with Crippen LogP contribution < -0.4 is 0 Å². The average molecular weight is 187 g/mol. The van der Waals surface area contributed by atoms with Crippen molar-refractivity contribution in [3.63, 3.8) is 0 Å². The number of hydrogen-bond acceptors (Lipinski definition) is 0. The fraction of sp³-hybridized carbons (Fsp3) is 0. The van der Waals surface area contributed by atoms with E-state index in [-0.39, 0.29) is 51.2 Å². The molecule has 0 spiro atoms. The van der Waals surface area contributed by atoms with Gasteiger partial charge in [0.05, 0.1) is 0 Å². The molecule has 0 rings (SSSR count). The summed E-state index contributed by atoms with van der Waals surface area (Å²) in [6, 6.07) is 0. The van der Waals surface area contributed by atoms with Crippen LogP contribution in [0, 0.1) is 0 Å². The van der Waals surface area contributed by atoms with Gasteiger partial charge in [-0.15, -0.1) is 0 Å². The van der Waals surface area contributed by atoms with Crippen LogP contribution in [0.1, 0.15) is 0 Å². The molecular weight excluding hydrogens is 183 g/mol. The molecule has 0 amide bonds. The van der Waals surface area contributed by atoms with Crippen molar-refractivity contribution in [2.75, 3.05) is 0 Å². The van der Waals surface area contributed by atoms with E-state index in [1.807, 2.05) is 0 Å². The SMILES string of the molecule is S.[CaH2].[Cl][Ca][Cl]. The van der Waals surface area contributed by atoms with Crippen LogP contribution in [-0.4, -0.2) is 68.6 Å². The fourth-order valence-corrected chi connectivity index (χ4v) is 0. The Morgan fingerprint density at radius 1 is 1.20 bits per heavy atom. The molecule has 5 heavy (non-hydrogen) atoms. The van der Waals surface area contributed by atoms with Gasteiger partial charge in [-0.2, -0.15) is 13.5 Å². The first kappa shape index (κ1) is 15.8. The van der Waals surface area contributed by atoms with Crippen LogP contribution in [0.3, 0.4) is 0 Å². The van der Waals surface area contributed by atoms with Crippen LogP contribution in [-0.2, 0) is 0 Å². The van der Waals surface area contributed by atoms with E-state index in [0.29, 0.717) is 0 Å². The Balaban J connectivity index is -0.0000000200. The Kier molecular flexibility index (Phi) is 49.4. The van der Waals surface area contributed by atoms with Gasteiger partial charge in [-0.05, 0) is 0 Å². The van der Waals surface area contributed by atoms with Gasteiger partial charge in [-0.3, -0.25) is 0 Å². The van der Waals surface area contributed by atoms with Crippen molar-refractivity contribution >= 4 is 94.9 Å². The van der Waals surface area contributed by atoms with Crippen molar-refractivity contribution in [3.8, 4) is 0 Å². The topological polar surface area (TPSA) is 0 Å². The molecule has 0 unspecified atom stereocenters. The average Bonchev–Trinajstić information content (AvgIpc) is 0.918. The third-order valence-electron chi connectivity index (χ3n) is 0. The van der Waals surface area contributed by atoms with Crippen LogP contribution in [0.25, 0.3) is 0 Å². The van der Waals surface area contributed by atoms with Crippen LogP contribution in [0.5, 0.6) is 0 Å². The third kappa shape index (κ3) is 18.6. The van der Waals surface area contributed by atoms with Crippen molar-refractivity contribution < 1.29 is 0 Å². The molecule has 0 radical (unpaired) electrons. The van der Waals surface area contributed by atoms with Crippen molar-refractivity contribution in [3.05, 3.63) is 0 Å². The quantitative estimate of drug-likeness (QED) is 0.475. The molecule has 0 nitrogen and oxygen atoms in total. The number of halogens is 2. The molecule has 0 saturated heterocycles. The number of rotatable bonds is 0. The summed E-state index contributed by atoms with van der Waals surface area (Å²) in [6.07, 6.45) is 9.90. The predicted molar refractivity (Wildman–Crippen MR) is 36.4 cm³/mol. The van der Waals surface area contributed by atoms with Crippen LogP contribution in [0.15, 0.2) is 0 Å². The molecule has 0 aliphatic heterocycles. The molecule has 0 heterocycles. The second-order valence-corrected chi connectivity index (χ2v) is 3.75. The number of hydrogen-bond donors (Lipinski definition) is 0. The first-order chi connectivity index (χ1) is 1.41. The van der Waals surface area contributed by atoms with Gasteiger partial charge in [0.1, 0.15) is 0 Å². The van der Waals surface area contributed by atoms with Gasteiger partial charge in [-0.25, -0.2) is 0 Å². The first-order valence-corrected chi connectivity index (χ1v) is 6.61. The van der Waals surface area contributed by atoms with E-state index in [0.717, 1.165) is 0 Å². The van der Waals surface area contributed by atoms with E-state index >= 15 is 0 Å². The standard InChI is InChI=1S/2Ca.2ClH.H2S.2H/h;;2*1H;1H2;;/q;+2;;;;;/p-2. The van der Waals surface area contributed by atoms with Crippen molar-refractivity contribution in [2.45, 2.75) is 0 Å². The van der Waals surface area contributed by atoms with E-state index in [9.17, 15) is 0 Å². The summed E-state index contributed by atoms with van der Waals surface area (Å²) in [7, 11) is 0. The van der Waals surface area contributed by atoms with E-state index < -0.39 is 30.8 Å². The van der Waals surface area contributed by atoms with E-state index in [2.05, 4.69) is 0 Å². The van der Waals surface area contributed by atoms with Gasteiger partial charge in [0.15, 0.2) is 0 Å². The Morgan fingerprint density at radius 3 is 1.20 bits per heavy atom. The molecule has 0 aromatic rings. The van der Waals surface area contributed by atoms with Gasteiger partial charge >= 0.3 is 81.4 Å². The molecule has 0 atom stereocenters. The van der Waals surface area contributed by atoms with Gasteiger partial charge in [0.25, 0.3) is 0 Å². The molecule has 0 bridgehead atoms. The summed E-state index contributed by atoms with van der Waals surface area (Å²) in [5.41, 5.74) is 0. The monoisotopic (exact) mass is 186 g/mol. The molecule has 28 valence electrons. The zero-order valence-corrected chi connectivity index (χ0v) is 6.68. The zero-order chi connectivity index (χ0) is 2.71. The van der Waals surface area contributed by atoms with E-state index in [1.54, 1.807) is 0 Å². The molecule has 0 saturated carbocycles. The summed E-state index contributed by atoms with van der Waals surface area (Å²) >= 11 is -0.931. The molecular formula is H4Ca2Cl2S. The van der Waals surface area contributed by atoms with E-state index in [4.69, 9.17) is 12.8 Å². The first-order valence-electron chi connectivity index (χ1n) is 0.535. The summed E-state index contributed by atoms with van der Waals surface area (Å²) in [5.74, 6) is 0. The van der Waals surface area contributed by atoms with Gasteiger partial charge in [-0.1, -0.05) is 0 Å². The predicted octanol–water partition coefficient (Wildman–Crippen LogP) is 0.195. The minimum atomic E-state index is -0.931. The third-order valence-corrected chi connectivity index (χ3v) is 0. The summed E-state index contributed by atoms with van der Waals surface area (Å²) < 4.78 is 0. The van der Waals surface area contributed by atoms with Crippen molar-refractivity contribution in [1.82, 2.24) is 0 Å². The Hall–Kier alpha value is 3.45. The Bertz CT molecular complexity index is 7.61. The maximum absolute atomic E-state index is 4.95. The fourth-order valence-electron chi connectivity index (χ4n) is 0. The molecule has 0 fully saturated rings. The second kappa shape index (κ2) is 15.7. The van der Waals surface area contributed by atoms with Crippen LogP contribution in [0.2, 0.25) is 0 Å². The van der Waals surface area contributed by atoms with Gasteiger partial charge in [0.2, 0.25) is 0 Å². The Labute approximate surface area is 92.2 Å². The minimum absolute atomic E-state index is 0. The molecule has 0 aromatic heterocycles. The molecule has 0 N–H and O–H groups in total. The normalized spacial score (nSPS) is 2.00. The summed E-state index contributed by atoms with van der Waals surface area (Å²) in [4.78, 5) is 0. The molecule has 0 aliphatic carbocycles. The second-order valence-electron chi connectivity index (χ2n) is 0.101. The molecule has 0 aromatic carbocycles. The van der Waals surface area contributed by atoms with Crippen molar-refractivity contribution in [1.29, 1.82) is 0 Å². The zero-order valence-electron chi connectivity index (χ0n) is 1.96.